The number of aliphatic carboxylic acids is 1. The zero-order valence-corrected chi connectivity index (χ0v) is 8.93. The highest BCUT2D eigenvalue weighted by Crippen LogP contribution is 2.11. The van der Waals surface area contributed by atoms with Gasteiger partial charge in [0.25, 0.3) is 0 Å². The molecule has 0 radical (unpaired) electrons. The molecule has 16 heavy (non-hydrogen) atoms. The molecule has 0 atom stereocenters. The standard InChI is InChI=1S/C13H12O3/c1-9(2)12(14)11(13(15)16)8-10-6-4-3-5-7-10/h3-8H,1H2,2H3,(H,15,16). The Morgan fingerprint density at radius 3 is 2.25 bits per heavy atom. The number of hydrogen-bond acceptors (Lipinski definition) is 2. The number of benzene rings is 1. The van der Waals surface area contributed by atoms with Crippen LogP contribution in [0, 0.1) is 0 Å². The van der Waals surface area contributed by atoms with E-state index in [4.69, 9.17) is 5.11 Å². The summed E-state index contributed by atoms with van der Waals surface area (Å²) in [5.74, 6) is -1.78. The van der Waals surface area contributed by atoms with Crippen LogP contribution < -0.4 is 0 Å². The lowest BCUT2D eigenvalue weighted by molar-refractivity contribution is -0.134. The van der Waals surface area contributed by atoms with Crippen molar-refractivity contribution in [2.24, 2.45) is 0 Å². The van der Waals surface area contributed by atoms with Crippen LogP contribution in [-0.4, -0.2) is 16.9 Å². The number of carbonyl (C=O) groups excluding carboxylic acids is 1. The molecule has 0 saturated heterocycles. The molecule has 0 aliphatic heterocycles. The molecule has 0 aliphatic carbocycles. The van der Waals surface area contributed by atoms with Gasteiger partial charge in [-0.2, -0.15) is 0 Å². The fourth-order valence-electron chi connectivity index (χ4n) is 1.17. The maximum Gasteiger partial charge on any atom is 0.339 e. The van der Waals surface area contributed by atoms with Gasteiger partial charge in [-0.05, 0) is 24.1 Å². The number of hydrogen-bond donors (Lipinski definition) is 1. The summed E-state index contributed by atoms with van der Waals surface area (Å²) in [5, 5.41) is 8.92. The Balaban J connectivity index is 3.14. The SMILES string of the molecule is C=C(C)C(=O)C(=Cc1ccccc1)C(=O)O. The van der Waals surface area contributed by atoms with E-state index >= 15 is 0 Å². The van der Waals surface area contributed by atoms with Crippen LogP contribution in [0.25, 0.3) is 6.08 Å². The van der Waals surface area contributed by atoms with Gasteiger partial charge in [-0.3, -0.25) is 4.79 Å². The Labute approximate surface area is 93.7 Å². The van der Waals surface area contributed by atoms with Crippen LogP contribution in [0.4, 0.5) is 0 Å². The van der Waals surface area contributed by atoms with Gasteiger partial charge < -0.3 is 5.11 Å². The number of allylic oxidation sites excluding steroid dienone is 1. The predicted octanol–water partition coefficient (Wildman–Crippen LogP) is 2.30. The van der Waals surface area contributed by atoms with Gasteiger partial charge in [0.2, 0.25) is 0 Å². The summed E-state index contributed by atoms with van der Waals surface area (Å²) < 4.78 is 0. The highest BCUT2D eigenvalue weighted by molar-refractivity contribution is 6.25. The van der Waals surface area contributed by atoms with Crippen LogP contribution >= 0.6 is 0 Å². The second-order valence-electron chi connectivity index (χ2n) is 3.38. The molecule has 1 aromatic carbocycles. The third kappa shape index (κ3) is 2.92. The average molecular weight is 216 g/mol. The van der Waals surface area contributed by atoms with Crippen molar-refractivity contribution >= 4 is 17.8 Å². The van der Waals surface area contributed by atoms with Crippen LogP contribution in [0.2, 0.25) is 0 Å². The molecule has 0 fully saturated rings. The molecule has 0 spiro atoms. The highest BCUT2D eigenvalue weighted by atomic mass is 16.4. The molecular formula is C13H12O3. The van der Waals surface area contributed by atoms with Crippen molar-refractivity contribution in [1.29, 1.82) is 0 Å². The number of ketones is 1. The van der Waals surface area contributed by atoms with Gasteiger partial charge in [0.1, 0.15) is 5.57 Å². The number of carboxylic acid groups (broad SMARTS) is 1. The third-order valence-electron chi connectivity index (χ3n) is 1.97. The van der Waals surface area contributed by atoms with Crippen molar-refractivity contribution in [3.05, 3.63) is 53.6 Å². The summed E-state index contributed by atoms with van der Waals surface area (Å²) >= 11 is 0. The van der Waals surface area contributed by atoms with Gasteiger partial charge in [0.05, 0.1) is 0 Å². The Morgan fingerprint density at radius 1 is 1.25 bits per heavy atom. The summed E-state index contributed by atoms with van der Waals surface area (Å²) in [6, 6.07) is 8.83. The molecule has 1 rings (SSSR count). The van der Waals surface area contributed by atoms with Gasteiger partial charge in [0, 0.05) is 0 Å². The summed E-state index contributed by atoms with van der Waals surface area (Å²) in [7, 11) is 0. The predicted molar refractivity (Wildman–Crippen MR) is 61.9 cm³/mol. The Kier molecular flexibility index (Phi) is 3.78. The maximum absolute atomic E-state index is 11.5. The smallest absolute Gasteiger partial charge is 0.339 e. The van der Waals surface area contributed by atoms with E-state index in [0.717, 1.165) is 0 Å². The first-order valence-corrected chi connectivity index (χ1v) is 4.72. The molecule has 0 saturated carbocycles. The lowest BCUT2D eigenvalue weighted by Crippen LogP contribution is -2.12. The number of Topliss-reactive ketones (excluding diaryl/α,β-unsaturated/α-hetero) is 1. The zero-order valence-electron chi connectivity index (χ0n) is 8.93. The molecule has 0 heterocycles. The molecule has 0 bridgehead atoms. The van der Waals surface area contributed by atoms with Crippen molar-refractivity contribution in [3.63, 3.8) is 0 Å². The molecule has 0 aliphatic rings. The van der Waals surface area contributed by atoms with E-state index in [0.29, 0.717) is 5.56 Å². The molecular weight excluding hydrogens is 204 g/mol. The number of rotatable bonds is 4. The first-order valence-electron chi connectivity index (χ1n) is 4.72. The van der Waals surface area contributed by atoms with Gasteiger partial charge in [0.15, 0.2) is 5.78 Å². The number of carboxylic acids is 1. The summed E-state index contributed by atoms with van der Waals surface area (Å²) in [6.07, 6.45) is 1.35. The fourth-order valence-corrected chi connectivity index (χ4v) is 1.17. The molecule has 1 aromatic rings. The second-order valence-corrected chi connectivity index (χ2v) is 3.38. The quantitative estimate of drug-likeness (QED) is 0.477. The molecule has 0 unspecified atom stereocenters. The maximum atomic E-state index is 11.5. The Morgan fingerprint density at radius 2 is 1.81 bits per heavy atom. The minimum absolute atomic E-state index is 0.213. The number of carbonyl (C=O) groups is 2. The first kappa shape index (κ1) is 11.9. The molecule has 0 amide bonds. The van der Waals surface area contributed by atoms with Crippen LogP contribution in [0.3, 0.4) is 0 Å². The molecule has 1 N–H and O–H groups in total. The van der Waals surface area contributed by atoms with E-state index in [1.165, 1.54) is 13.0 Å². The second kappa shape index (κ2) is 5.07. The van der Waals surface area contributed by atoms with E-state index < -0.39 is 11.8 Å². The van der Waals surface area contributed by atoms with Gasteiger partial charge in [-0.25, -0.2) is 4.79 Å². The van der Waals surface area contributed by atoms with Gasteiger partial charge in [-0.1, -0.05) is 36.9 Å². The highest BCUT2D eigenvalue weighted by Gasteiger charge is 2.17. The van der Waals surface area contributed by atoms with Gasteiger partial charge in [-0.15, -0.1) is 0 Å². The minimum atomic E-state index is -1.24. The fraction of sp³-hybridized carbons (Fsp3) is 0.0769. The summed E-state index contributed by atoms with van der Waals surface area (Å²) in [5.41, 5.74) is 0.623. The van der Waals surface area contributed by atoms with Crippen molar-refractivity contribution in [2.75, 3.05) is 0 Å². The molecule has 82 valence electrons. The van der Waals surface area contributed by atoms with Crippen LogP contribution in [0.15, 0.2) is 48.1 Å². The lowest BCUT2D eigenvalue weighted by Gasteiger charge is -2.01. The minimum Gasteiger partial charge on any atom is -0.478 e. The van der Waals surface area contributed by atoms with E-state index in [9.17, 15) is 9.59 Å². The largest absolute Gasteiger partial charge is 0.478 e. The zero-order chi connectivity index (χ0) is 12.1. The van der Waals surface area contributed by atoms with Crippen molar-refractivity contribution in [2.45, 2.75) is 6.92 Å². The summed E-state index contributed by atoms with van der Waals surface area (Å²) in [6.45, 7) is 4.94. The van der Waals surface area contributed by atoms with E-state index in [2.05, 4.69) is 6.58 Å². The topological polar surface area (TPSA) is 54.4 Å². The van der Waals surface area contributed by atoms with E-state index in [1.54, 1.807) is 24.3 Å². The monoisotopic (exact) mass is 216 g/mol. The lowest BCUT2D eigenvalue weighted by atomic mass is 10.0. The van der Waals surface area contributed by atoms with Gasteiger partial charge >= 0.3 is 5.97 Å². The third-order valence-corrected chi connectivity index (χ3v) is 1.97. The first-order chi connectivity index (χ1) is 7.52. The molecule has 0 aromatic heterocycles. The van der Waals surface area contributed by atoms with Crippen molar-refractivity contribution < 1.29 is 14.7 Å². The Hall–Kier alpha value is -2.16. The average Bonchev–Trinajstić information content (AvgIpc) is 2.26. The van der Waals surface area contributed by atoms with Crippen LogP contribution in [0.1, 0.15) is 12.5 Å². The Bertz CT molecular complexity index is 455. The van der Waals surface area contributed by atoms with Crippen molar-refractivity contribution in [3.8, 4) is 0 Å². The van der Waals surface area contributed by atoms with Crippen LogP contribution in [0.5, 0.6) is 0 Å². The summed E-state index contributed by atoms with van der Waals surface area (Å²) in [4.78, 5) is 22.5. The van der Waals surface area contributed by atoms with Crippen molar-refractivity contribution in [1.82, 2.24) is 0 Å². The normalized spacial score (nSPS) is 10.9. The van der Waals surface area contributed by atoms with E-state index in [1.807, 2.05) is 6.07 Å². The molecule has 3 nitrogen and oxygen atoms in total. The molecule has 3 heteroatoms. The van der Waals surface area contributed by atoms with E-state index in [-0.39, 0.29) is 11.1 Å². The van der Waals surface area contributed by atoms with Crippen LogP contribution in [-0.2, 0) is 9.59 Å².